The molecule has 5 heterocycles. The van der Waals surface area contributed by atoms with Crippen LogP contribution in [-0.4, -0.2) is 117 Å². The minimum absolute atomic E-state index is 0.0633. The van der Waals surface area contributed by atoms with Crippen LogP contribution in [0.2, 0.25) is 0 Å². The first-order valence-corrected chi connectivity index (χ1v) is 38.1. The molecule has 0 aliphatic rings. The second-order valence-corrected chi connectivity index (χ2v) is 27.0. The summed E-state index contributed by atoms with van der Waals surface area (Å²) < 4.78 is 51.9. The number of carbonyl (C=O) groups excluding carboxylic acids is 7. The van der Waals surface area contributed by atoms with Gasteiger partial charge in [-0.25, -0.2) is 24.9 Å². The molecule has 11 aromatic rings. The third-order valence-electron chi connectivity index (χ3n) is 14.6. The average molecular weight is 1770 g/mol. The summed E-state index contributed by atoms with van der Waals surface area (Å²) in [6.07, 6.45) is 5.96. The van der Waals surface area contributed by atoms with Crippen LogP contribution in [0.4, 0.5) is 0 Å². The first-order chi connectivity index (χ1) is 52.6. The highest BCUT2D eigenvalue weighted by atomic mass is 79.9. The molecule has 1 atom stereocenters. The topological polar surface area (TPSA) is 342 Å². The molecule has 0 fully saturated rings. The van der Waals surface area contributed by atoms with Crippen LogP contribution in [0.5, 0.6) is 0 Å². The van der Waals surface area contributed by atoms with E-state index in [-0.39, 0.29) is 73.8 Å². The predicted octanol–water partition coefficient (Wildman–Crippen LogP) is 17.6. The molecule has 0 spiro atoms. The number of aliphatic hydroxyl groups is 1. The summed E-state index contributed by atoms with van der Waals surface area (Å²) in [5, 5.41) is 9.13. The van der Waals surface area contributed by atoms with Crippen molar-refractivity contribution in [1.29, 1.82) is 0 Å². The maximum atomic E-state index is 11.3. The smallest absolute Gasteiger partial charge is 0.315 e. The van der Waals surface area contributed by atoms with Crippen molar-refractivity contribution < 1.29 is 84.4 Å². The standard InChI is InChI=1S/C14H13Br2NO3.C14H14BrNO3.2C14H15NO3.C12H13NO2.C9H9BrO.C5H9NO3/c1-8-3-5-10(6-4-8)12-13(16)20-14(17-12)11(15)7-19-9(2)18;1-9-3-5-11(6-4-9)13-14(15)19-12(16-13)7-8-18-10(2)17;1-10-3-5-12(6-4-10)13-9-18-14(15-13)7-8-17-11(2)16;1-3-17-14(16)8-13-15-12(9-18-13)11-6-4-10(2)5-7-11;1-9-2-4-10(5-3-9)11-8-15-12(13-11)6-7-14;1-7-2-4-8(5-3-7)9(11)6-10;1-2-9-5(8)3-4(6)7/h3-6,11H,7H2,1-2H3;3-6H,7-8H2,1-2H3;3-6,9H,7-8H2,1-2H3;4-7,9H,3,8H2,1-2H3;2-5,8,14H,6-7H2,1H3;2-5H,6H2,1H3;2-3H2,1H3,(H2,6,7). The summed E-state index contributed by atoms with van der Waals surface area (Å²) in [5.74, 6) is 0.197. The number of amides is 1. The fourth-order valence-electron chi connectivity index (χ4n) is 8.92. The number of rotatable bonds is 24. The van der Waals surface area contributed by atoms with Crippen LogP contribution in [0.3, 0.4) is 0 Å². The molecule has 0 radical (unpaired) electrons. The summed E-state index contributed by atoms with van der Waals surface area (Å²) >= 11 is 13.2. The van der Waals surface area contributed by atoms with E-state index in [2.05, 4.69) is 99.1 Å². The molecule has 1 amide bonds. The van der Waals surface area contributed by atoms with E-state index in [0.717, 1.165) is 61.9 Å². The van der Waals surface area contributed by atoms with Crippen LogP contribution in [0, 0.1) is 41.5 Å². The van der Waals surface area contributed by atoms with E-state index in [9.17, 15) is 33.6 Å². The van der Waals surface area contributed by atoms with Gasteiger partial charge in [0.15, 0.2) is 32.8 Å². The van der Waals surface area contributed by atoms with Gasteiger partial charge in [-0.15, -0.1) is 0 Å². The lowest BCUT2D eigenvalue weighted by Gasteiger charge is -2.04. The summed E-state index contributed by atoms with van der Waals surface area (Å²) in [4.78, 5) is 96.2. The predicted molar refractivity (Wildman–Crippen MR) is 429 cm³/mol. The molecule has 0 bridgehead atoms. The molecule has 110 heavy (non-hydrogen) atoms. The Morgan fingerprint density at radius 1 is 0.445 bits per heavy atom. The Bertz CT molecular complexity index is 4650. The molecule has 1 unspecified atom stereocenters. The molecule has 3 N–H and O–H groups in total. The van der Waals surface area contributed by atoms with Crippen LogP contribution in [0.15, 0.2) is 196 Å². The van der Waals surface area contributed by atoms with Gasteiger partial charge in [0.2, 0.25) is 17.7 Å². The van der Waals surface area contributed by atoms with Gasteiger partial charge in [-0.1, -0.05) is 211 Å². The number of halogens is 4. The fraction of sp³-hybridized carbons (Fsp3) is 0.293. The van der Waals surface area contributed by atoms with Crippen molar-refractivity contribution in [3.63, 3.8) is 0 Å². The zero-order chi connectivity index (χ0) is 80.7. The molecule has 0 aliphatic heterocycles. The number of benzene rings is 6. The van der Waals surface area contributed by atoms with Crippen LogP contribution in [-0.2, 0) is 78.1 Å². The number of nitrogens with two attached hydrogens (primary N) is 1. The Morgan fingerprint density at radius 2 is 0.800 bits per heavy atom. The number of nitrogens with zero attached hydrogens (tertiary/aromatic N) is 5. The lowest BCUT2D eigenvalue weighted by Crippen LogP contribution is -2.17. The lowest BCUT2D eigenvalue weighted by molar-refractivity contribution is -0.146. The van der Waals surface area contributed by atoms with Gasteiger partial charge in [-0.05, 0) is 87.2 Å². The van der Waals surface area contributed by atoms with Gasteiger partial charge in [0.25, 0.3) is 0 Å². The molecule has 0 saturated heterocycles. The number of aromatic nitrogens is 5. The molecule has 582 valence electrons. The summed E-state index contributed by atoms with van der Waals surface area (Å²) in [6.45, 7) is 21.2. The number of oxazole rings is 5. The van der Waals surface area contributed by atoms with Crippen molar-refractivity contribution in [3.8, 4) is 56.3 Å². The number of carbonyl (C=O) groups is 7. The lowest BCUT2D eigenvalue weighted by atomic mass is 10.1. The maximum Gasteiger partial charge on any atom is 0.315 e. The molecule has 0 aliphatic carbocycles. The number of aryl methyl sites for hydroxylation is 6. The number of hydrogen-bond acceptors (Lipinski definition) is 23. The monoisotopic (exact) mass is 1760 g/mol. The number of ketones is 1. The van der Waals surface area contributed by atoms with Crippen LogP contribution in [0.1, 0.15) is 119 Å². The normalized spacial score (nSPS) is 10.5. The zero-order valence-corrected chi connectivity index (χ0v) is 69.2. The highest BCUT2D eigenvalue weighted by Crippen LogP contribution is 2.34. The van der Waals surface area contributed by atoms with Crippen LogP contribution >= 0.6 is 63.7 Å². The largest absolute Gasteiger partial charge is 0.466 e. The SMILES string of the molecule is CC(=O)OCC(Br)c1nc(-c2ccc(C)cc2)c(Br)o1.CC(=O)OCCc1nc(-c2ccc(C)cc2)c(Br)o1.CC(=O)OCCc1nc(-c2ccc(C)cc2)co1.CCOC(=O)CC(N)=O.CCOC(=O)Cc1nc(-c2ccc(C)cc2)co1.Cc1ccc(-c2coc(CCO)n2)cc1.Cc1ccc(C(=O)CBr)cc1. The van der Waals surface area contributed by atoms with Gasteiger partial charge in [0.05, 0.1) is 51.2 Å². The second-order valence-electron chi connectivity index (χ2n) is 23.9. The number of hydrogen-bond donors (Lipinski definition) is 2. The number of Topliss-reactive ketones (excluding diaryl/α,β-unsaturated/α-hetero) is 1. The van der Waals surface area contributed by atoms with E-state index in [1.807, 2.05) is 187 Å². The van der Waals surface area contributed by atoms with Crippen molar-refractivity contribution >= 4 is 105 Å². The number of ether oxygens (including phenoxy) is 5. The van der Waals surface area contributed by atoms with Crippen LogP contribution in [0.25, 0.3) is 56.3 Å². The second kappa shape index (κ2) is 48.3. The number of aliphatic hydroxyl groups excluding tert-OH is 1. The summed E-state index contributed by atoms with van der Waals surface area (Å²) in [7, 11) is 0. The third kappa shape index (κ3) is 33.7. The minimum atomic E-state index is -0.659. The van der Waals surface area contributed by atoms with E-state index in [1.165, 1.54) is 54.2 Å². The molecule has 11 rings (SSSR count). The van der Waals surface area contributed by atoms with Gasteiger partial charge >= 0.3 is 29.8 Å². The first-order valence-electron chi connectivity index (χ1n) is 34.5. The van der Waals surface area contributed by atoms with Crippen molar-refractivity contribution in [2.75, 3.05) is 45.0 Å². The molecule has 0 saturated carbocycles. The highest BCUT2D eigenvalue weighted by molar-refractivity contribution is 9.10. The number of alkyl halides is 2. The van der Waals surface area contributed by atoms with Crippen molar-refractivity contribution in [1.82, 2.24) is 24.9 Å². The molecule has 5 aromatic heterocycles. The van der Waals surface area contributed by atoms with E-state index in [1.54, 1.807) is 32.6 Å². The Kier molecular flexibility index (Phi) is 39.7. The van der Waals surface area contributed by atoms with Gasteiger partial charge in [-0.2, -0.15) is 0 Å². The number of primary amides is 1. The summed E-state index contributed by atoms with van der Waals surface area (Å²) in [5.41, 5.74) is 21.4. The third-order valence-corrected chi connectivity index (χ3v) is 16.8. The van der Waals surface area contributed by atoms with Crippen LogP contribution < -0.4 is 5.73 Å². The Morgan fingerprint density at radius 3 is 1.19 bits per heavy atom. The van der Waals surface area contributed by atoms with Gasteiger partial charge in [-0.3, -0.25) is 33.6 Å². The zero-order valence-electron chi connectivity index (χ0n) is 62.9. The maximum absolute atomic E-state index is 11.3. The van der Waals surface area contributed by atoms with Gasteiger partial charge in [0, 0.05) is 60.6 Å². The van der Waals surface area contributed by atoms with Crippen molar-refractivity contribution in [3.05, 3.63) is 242 Å². The minimum Gasteiger partial charge on any atom is -0.466 e. The molecule has 6 aromatic carbocycles. The molecule has 28 heteroatoms. The molecule has 24 nitrogen and oxygen atoms in total. The molecular formula is C82H88Br4N6O18. The van der Waals surface area contributed by atoms with Gasteiger partial charge < -0.3 is 56.6 Å². The van der Waals surface area contributed by atoms with E-state index in [4.69, 9.17) is 46.1 Å². The Labute approximate surface area is 672 Å². The van der Waals surface area contributed by atoms with Crippen molar-refractivity contribution in [2.45, 2.75) is 113 Å². The number of esters is 5. The Hall–Kier alpha value is -10.3. The Balaban J connectivity index is 0.000000233. The van der Waals surface area contributed by atoms with E-state index in [0.29, 0.717) is 76.6 Å². The molecular weight excluding hydrogens is 1680 g/mol. The van der Waals surface area contributed by atoms with E-state index >= 15 is 0 Å². The van der Waals surface area contributed by atoms with E-state index < -0.39 is 11.9 Å². The fourth-order valence-corrected chi connectivity index (χ4v) is 10.6. The van der Waals surface area contributed by atoms with Gasteiger partial charge in [0.1, 0.15) is 71.5 Å². The highest BCUT2D eigenvalue weighted by Gasteiger charge is 2.21. The first kappa shape index (κ1) is 90.4. The summed E-state index contributed by atoms with van der Waals surface area (Å²) in [6, 6.07) is 47.7. The quantitative estimate of drug-likeness (QED) is 0.0186. The van der Waals surface area contributed by atoms with Crippen molar-refractivity contribution in [2.24, 2.45) is 5.73 Å². The average Bonchev–Trinajstić information content (AvgIpc) is 1.69.